The minimum atomic E-state index is -0.276. The van der Waals surface area contributed by atoms with Crippen LogP contribution in [0.25, 0.3) is 11.0 Å². The predicted molar refractivity (Wildman–Crippen MR) is 120 cm³/mol. The van der Waals surface area contributed by atoms with Crippen LogP contribution in [0.2, 0.25) is 5.02 Å². The molecule has 0 aliphatic carbocycles. The van der Waals surface area contributed by atoms with E-state index in [2.05, 4.69) is 42.7 Å². The summed E-state index contributed by atoms with van der Waals surface area (Å²) in [6.45, 7) is 11.0. The zero-order valence-electron chi connectivity index (χ0n) is 17.2. The highest BCUT2D eigenvalue weighted by Gasteiger charge is 2.19. The number of rotatable bonds is 4. The maximum atomic E-state index is 12.1. The maximum absolute atomic E-state index is 12.1. The topological polar surface area (TPSA) is 36.7 Å². The summed E-state index contributed by atoms with van der Waals surface area (Å²) in [4.78, 5) is 16.9. The predicted octanol–water partition coefficient (Wildman–Crippen LogP) is 5.20. The van der Waals surface area contributed by atoms with Crippen molar-refractivity contribution in [1.29, 1.82) is 0 Å². The second kappa shape index (κ2) is 8.21. The van der Waals surface area contributed by atoms with Crippen LogP contribution in [0.3, 0.4) is 0 Å². The summed E-state index contributed by atoms with van der Waals surface area (Å²) in [5.74, 6) is 0.431. The van der Waals surface area contributed by atoms with Gasteiger partial charge in [-0.2, -0.15) is 0 Å². The largest absolute Gasteiger partial charge is 0.423 e. The fourth-order valence-corrected chi connectivity index (χ4v) is 4.41. The highest BCUT2D eigenvalue weighted by atomic mass is 35.5. The number of fused-ring (bicyclic) bond motifs is 1. The van der Waals surface area contributed by atoms with Crippen LogP contribution in [0.15, 0.2) is 51.7 Å². The Morgan fingerprint density at radius 3 is 2.52 bits per heavy atom. The molecule has 0 amide bonds. The van der Waals surface area contributed by atoms with Crippen LogP contribution < -0.4 is 10.5 Å². The molecule has 29 heavy (non-hydrogen) atoms. The van der Waals surface area contributed by atoms with Gasteiger partial charge in [0.2, 0.25) is 0 Å². The average molecular weight is 411 g/mol. The molecule has 1 fully saturated rings. The van der Waals surface area contributed by atoms with E-state index in [0.717, 1.165) is 48.7 Å². The van der Waals surface area contributed by atoms with Gasteiger partial charge in [0, 0.05) is 54.9 Å². The number of aryl methyl sites for hydroxylation is 1. The molecular formula is C24H27ClN2O2. The Balaban J connectivity index is 1.55. The molecule has 2 heterocycles. The van der Waals surface area contributed by atoms with E-state index in [1.807, 2.05) is 24.3 Å². The van der Waals surface area contributed by atoms with Crippen molar-refractivity contribution in [2.24, 2.45) is 0 Å². The van der Waals surface area contributed by atoms with E-state index < -0.39 is 0 Å². The van der Waals surface area contributed by atoms with Gasteiger partial charge in [-0.15, -0.1) is 0 Å². The summed E-state index contributed by atoms with van der Waals surface area (Å²) >= 11 is 6.14. The van der Waals surface area contributed by atoms with Gasteiger partial charge >= 0.3 is 5.63 Å². The highest BCUT2D eigenvalue weighted by Crippen LogP contribution is 2.28. The van der Waals surface area contributed by atoms with Crippen molar-refractivity contribution >= 4 is 28.3 Å². The van der Waals surface area contributed by atoms with E-state index in [1.165, 1.54) is 16.8 Å². The van der Waals surface area contributed by atoms with E-state index in [9.17, 15) is 4.79 Å². The number of halogens is 1. The molecule has 0 spiro atoms. The molecular weight excluding hydrogens is 384 g/mol. The molecule has 1 aliphatic heterocycles. The molecule has 0 atom stereocenters. The highest BCUT2D eigenvalue weighted by molar-refractivity contribution is 6.30. The van der Waals surface area contributed by atoms with Crippen molar-refractivity contribution in [3.63, 3.8) is 0 Å². The van der Waals surface area contributed by atoms with Crippen LogP contribution >= 0.6 is 11.6 Å². The van der Waals surface area contributed by atoms with E-state index in [0.29, 0.717) is 11.5 Å². The van der Waals surface area contributed by atoms with Gasteiger partial charge in [-0.3, -0.25) is 4.90 Å². The Morgan fingerprint density at radius 1 is 1.07 bits per heavy atom. The molecule has 1 aromatic heterocycles. The van der Waals surface area contributed by atoms with Crippen LogP contribution in [0, 0.1) is 6.92 Å². The molecule has 2 aromatic carbocycles. The van der Waals surface area contributed by atoms with Crippen molar-refractivity contribution in [1.82, 2.24) is 4.90 Å². The molecule has 5 heteroatoms. The normalized spacial score (nSPS) is 15.4. The number of benzene rings is 2. The van der Waals surface area contributed by atoms with Crippen LogP contribution in [0.5, 0.6) is 0 Å². The van der Waals surface area contributed by atoms with Gasteiger partial charge in [0.1, 0.15) is 5.58 Å². The third kappa shape index (κ3) is 4.34. The molecule has 4 nitrogen and oxygen atoms in total. The molecule has 0 bridgehead atoms. The third-order valence-corrected chi connectivity index (χ3v) is 6.01. The van der Waals surface area contributed by atoms with Gasteiger partial charge in [0.05, 0.1) is 0 Å². The van der Waals surface area contributed by atoms with E-state index in [-0.39, 0.29) is 5.63 Å². The van der Waals surface area contributed by atoms with Crippen molar-refractivity contribution in [3.05, 3.63) is 74.6 Å². The monoisotopic (exact) mass is 410 g/mol. The zero-order valence-corrected chi connectivity index (χ0v) is 18.0. The zero-order chi connectivity index (χ0) is 20.5. The number of anilines is 1. The van der Waals surface area contributed by atoms with Gasteiger partial charge in [-0.05, 0) is 59.9 Å². The second-order valence-corrected chi connectivity index (χ2v) is 8.63. The lowest BCUT2D eigenvalue weighted by Crippen LogP contribution is -2.46. The standard InChI is InChI=1S/C24H27ClN2O2/c1-16(2)21-14-22-18(12-24(28)29-23(22)11-17(21)3)15-26-7-9-27(10-8-26)20-6-4-5-19(25)13-20/h4-6,11-14,16H,7-10,15H2,1-3H3. The van der Waals surface area contributed by atoms with E-state index in [1.54, 1.807) is 6.07 Å². The van der Waals surface area contributed by atoms with E-state index >= 15 is 0 Å². The lowest BCUT2D eigenvalue weighted by atomic mass is 9.95. The summed E-state index contributed by atoms with van der Waals surface area (Å²) in [7, 11) is 0. The SMILES string of the molecule is Cc1cc2oc(=O)cc(CN3CCN(c4cccc(Cl)c4)CC3)c2cc1C(C)C. The Hall–Kier alpha value is -2.30. The lowest BCUT2D eigenvalue weighted by Gasteiger charge is -2.36. The quantitative estimate of drug-likeness (QED) is 0.554. The summed E-state index contributed by atoms with van der Waals surface area (Å²) in [6.07, 6.45) is 0. The van der Waals surface area contributed by atoms with Gasteiger partial charge < -0.3 is 9.32 Å². The van der Waals surface area contributed by atoms with Crippen LogP contribution in [-0.2, 0) is 6.54 Å². The smallest absolute Gasteiger partial charge is 0.336 e. The van der Waals surface area contributed by atoms with Gasteiger partial charge in [0.15, 0.2) is 0 Å². The van der Waals surface area contributed by atoms with Crippen LogP contribution in [-0.4, -0.2) is 31.1 Å². The minimum absolute atomic E-state index is 0.276. The minimum Gasteiger partial charge on any atom is -0.423 e. The van der Waals surface area contributed by atoms with Crippen molar-refractivity contribution in [3.8, 4) is 0 Å². The summed E-state index contributed by atoms with van der Waals surface area (Å²) in [5, 5.41) is 1.82. The van der Waals surface area contributed by atoms with Crippen LogP contribution in [0.1, 0.15) is 36.5 Å². The Morgan fingerprint density at radius 2 is 1.83 bits per heavy atom. The van der Waals surface area contributed by atoms with Crippen LogP contribution in [0.4, 0.5) is 5.69 Å². The number of hydrogen-bond donors (Lipinski definition) is 0. The molecule has 152 valence electrons. The fourth-order valence-electron chi connectivity index (χ4n) is 4.22. The molecule has 0 N–H and O–H groups in total. The van der Waals surface area contributed by atoms with Crippen molar-refractivity contribution < 1.29 is 4.42 Å². The summed E-state index contributed by atoms with van der Waals surface area (Å²) in [5.41, 5.74) is 5.10. The number of piperazine rings is 1. The van der Waals surface area contributed by atoms with Gasteiger partial charge in [-0.1, -0.05) is 31.5 Å². The average Bonchev–Trinajstić information content (AvgIpc) is 2.67. The van der Waals surface area contributed by atoms with Gasteiger partial charge in [-0.25, -0.2) is 4.79 Å². The molecule has 1 saturated heterocycles. The fraction of sp³-hybridized carbons (Fsp3) is 0.375. The Kier molecular flexibility index (Phi) is 5.66. The third-order valence-electron chi connectivity index (χ3n) is 5.78. The van der Waals surface area contributed by atoms with Crippen molar-refractivity contribution in [2.75, 3.05) is 31.1 Å². The lowest BCUT2D eigenvalue weighted by molar-refractivity contribution is 0.250. The molecule has 1 aliphatic rings. The first kappa shape index (κ1) is 20.0. The maximum Gasteiger partial charge on any atom is 0.336 e. The summed E-state index contributed by atoms with van der Waals surface area (Å²) in [6, 6.07) is 13.9. The number of nitrogens with zero attached hydrogens (tertiary/aromatic N) is 2. The van der Waals surface area contributed by atoms with E-state index in [4.69, 9.17) is 16.0 Å². The van der Waals surface area contributed by atoms with Crippen molar-refractivity contribution in [2.45, 2.75) is 33.2 Å². The van der Waals surface area contributed by atoms with Gasteiger partial charge in [0.25, 0.3) is 0 Å². The molecule has 3 aromatic rings. The molecule has 0 unspecified atom stereocenters. The first-order valence-corrected chi connectivity index (χ1v) is 10.6. The molecule has 0 radical (unpaired) electrons. The Labute approximate surface area is 176 Å². The second-order valence-electron chi connectivity index (χ2n) is 8.19. The number of hydrogen-bond acceptors (Lipinski definition) is 4. The molecule has 4 rings (SSSR count). The first-order valence-electron chi connectivity index (χ1n) is 10.2. The summed E-state index contributed by atoms with van der Waals surface area (Å²) < 4.78 is 5.50. The first-order chi connectivity index (χ1) is 13.9. The molecule has 0 saturated carbocycles. The Bertz CT molecular complexity index is 1080.